The summed E-state index contributed by atoms with van der Waals surface area (Å²) in [7, 11) is 0. The number of hydrogen-bond donors (Lipinski definition) is 2. The Balaban J connectivity index is 1.99. The maximum Gasteiger partial charge on any atom is 0.255 e. The van der Waals surface area contributed by atoms with Crippen molar-refractivity contribution in [3.05, 3.63) is 29.8 Å². The molecule has 1 heterocycles. The van der Waals surface area contributed by atoms with Crippen molar-refractivity contribution in [2.45, 2.75) is 20.0 Å². The van der Waals surface area contributed by atoms with Crippen LogP contribution in [-0.4, -0.2) is 31.6 Å². The van der Waals surface area contributed by atoms with Gasteiger partial charge in [-0.2, -0.15) is 0 Å². The molecule has 2 rings (SSSR count). The number of ether oxygens (including phenoxy) is 1. The van der Waals surface area contributed by atoms with Crippen LogP contribution in [0.25, 0.3) is 0 Å². The van der Waals surface area contributed by atoms with Gasteiger partial charge >= 0.3 is 0 Å². The highest BCUT2D eigenvalue weighted by Gasteiger charge is 2.19. The Hall–Kier alpha value is -1.55. The lowest BCUT2D eigenvalue weighted by Gasteiger charge is -2.27. The Kier molecular flexibility index (Phi) is 4.20. The predicted molar refractivity (Wildman–Crippen MR) is 70.9 cm³/mol. The molecule has 1 aromatic rings. The van der Waals surface area contributed by atoms with Gasteiger partial charge in [0.25, 0.3) is 5.91 Å². The number of carbonyl (C=O) groups is 1. The van der Waals surface area contributed by atoms with Gasteiger partial charge in [0, 0.05) is 25.6 Å². The van der Waals surface area contributed by atoms with Crippen LogP contribution < -0.4 is 15.4 Å². The summed E-state index contributed by atoms with van der Waals surface area (Å²) in [5, 5.41) is 6.14. The molecule has 1 saturated heterocycles. The number of carbonyl (C=O) groups excluding carboxylic acids is 1. The molecule has 0 saturated carbocycles. The molecule has 2 N–H and O–H groups in total. The van der Waals surface area contributed by atoms with Crippen LogP contribution in [0.4, 0.5) is 0 Å². The average molecular weight is 248 g/mol. The first-order chi connectivity index (χ1) is 8.66. The Bertz CT molecular complexity index is 414. The fraction of sp³-hybridized carbons (Fsp3) is 0.500. The van der Waals surface area contributed by atoms with E-state index >= 15 is 0 Å². The molecule has 0 atom stereocenters. The molecule has 18 heavy (non-hydrogen) atoms. The van der Waals surface area contributed by atoms with Gasteiger partial charge in [0.15, 0.2) is 0 Å². The van der Waals surface area contributed by atoms with Crippen molar-refractivity contribution in [2.24, 2.45) is 5.92 Å². The molecule has 1 aromatic carbocycles. The zero-order chi connectivity index (χ0) is 13.0. The maximum atomic E-state index is 12.1. The Morgan fingerprint density at radius 3 is 2.78 bits per heavy atom. The summed E-state index contributed by atoms with van der Waals surface area (Å²) in [5.41, 5.74) is 0.610. The lowest BCUT2D eigenvalue weighted by Crippen LogP contribution is -2.48. The summed E-state index contributed by atoms with van der Waals surface area (Å²) < 4.78 is 5.64. The number of hydrogen-bond acceptors (Lipinski definition) is 3. The molecule has 0 unspecified atom stereocenters. The zero-order valence-corrected chi connectivity index (χ0v) is 10.9. The van der Waals surface area contributed by atoms with Gasteiger partial charge in [0.1, 0.15) is 5.75 Å². The van der Waals surface area contributed by atoms with Gasteiger partial charge in [0.2, 0.25) is 0 Å². The van der Waals surface area contributed by atoms with Gasteiger partial charge in [0.05, 0.1) is 11.7 Å². The van der Waals surface area contributed by atoms with Crippen molar-refractivity contribution in [1.82, 2.24) is 10.6 Å². The van der Waals surface area contributed by atoms with Crippen molar-refractivity contribution in [2.75, 3.05) is 19.6 Å². The number of amides is 1. The standard InChI is InChI=1S/C14H20N2O2/c1-10(2)18-13-6-4-3-5-12(13)14(17)16-9-11-7-15-8-11/h3-6,10-11,15H,7-9H2,1-2H3,(H,16,17). The van der Waals surface area contributed by atoms with Crippen molar-refractivity contribution in [1.29, 1.82) is 0 Å². The third-order valence-electron chi connectivity index (χ3n) is 2.91. The van der Waals surface area contributed by atoms with Crippen LogP contribution in [0.1, 0.15) is 24.2 Å². The molecule has 1 aliphatic rings. The van der Waals surface area contributed by atoms with Crippen LogP contribution in [0, 0.1) is 5.92 Å². The summed E-state index contributed by atoms with van der Waals surface area (Å²) in [6.45, 7) is 6.61. The molecule has 0 bridgehead atoms. The molecule has 98 valence electrons. The Labute approximate surface area is 108 Å². The topological polar surface area (TPSA) is 50.4 Å². The van der Waals surface area contributed by atoms with E-state index in [1.807, 2.05) is 32.0 Å². The van der Waals surface area contributed by atoms with E-state index in [1.165, 1.54) is 0 Å². The summed E-state index contributed by atoms with van der Waals surface area (Å²) in [5.74, 6) is 1.15. The minimum Gasteiger partial charge on any atom is -0.490 e. The highest BCUT2D eigenvalue weighted by atomic mass is 16.5. The number of para-hydroxylation sites is 1. The Morgan fingerprint density at radius 1 is 1.44 bits per heavy atom. The second-order valence-corrected chi connectivity index (χ2v) is 4.90. The van der Waals surface area contributed by atoms with Crippen molar-refractivity contribution in [3.8, 4) is 5.75 Å². The molecule has 1 amide bonds. The summed E-state index contributed by atoms with van der Waals surface area (Å²) in [6, 6.07) is 7.36. The first kappa shape index (κ1) is 12.9. The second kappa shape index (κ2) is 5.87. The Morgan fingerprint density at radius 2 is 2.17 bits per heavy atom. The van der Waals surface area contributed by atoms with E-state index in [1.54, 1.807) is 6.07 Å². The minimum absolute atomic E-state index is 0.0573. The fourth-order valence-electron chi connectivity index (χ4n) is 1.84. The van der Waals surface area contributed by atoms with Gasteiger partial charge in [-0.1, -0.05) is 12.1 Å². The van der Waals surface area contributed by atoms with Gasteiger partial charge < -0.3 is 15.4 Å². The molecule has 1 fully saturated rings. The van der Waals surface area contributed by atoms with E-state index in [0.717, 1.165) is 19.6 Å². The van der Waals surface area contributed by atoms with Crippen LogP contribution in [0.15, 0.2) is 24.3 Å². The van der Waals surface area contributed by atoms with E-state index in [2.05, 4.69) is 10.6 Å². The van der Waals surface area contributed by atoms with Gasteiger partial charge in [-0.15, -0.1) is 0 Å². The number of benzene rings is 1. The maximum absolute atomic E-state index is 12.1. The zero-order valence-electron chi connectivity index (χ0n) is 10.9. The molecule has 0 radical (unpaired) electrons. The molecular formula is C14H20N2O2. The molecular weight excluding hydrogens is 228 g/mol. The van der Waals surface area contributed by atoms with Crippen LogP contribution in [-0.2, 0) is 0 Å². The molecule has 4 heteroatoms. The molecule has 0 spiro atoms. The van der Waals surface area contributed by atoms with E-state index in [-0.39, 0.29) is 12.0 Å². The first-order valence-electron chi connectivity index (χ1n) is 6.41. The lowest BCUT2D eigenvalue weighted by atomic mass is 10.0. The first-order valence-corrected chi connectivity index (χ1v) is 6.41. The van der Waals surface area contributed by atoms with Crippen LogP contribution in [0.3, 0.4) is 0 Å². The quantitative estimate of drug-likeness (QED) is 0.828. The third-order valence-corrected chi connectivity index (χ3v) is 2.91. The number of rotatable bonds is 5. The van der Waals surface area contributed by atoms with Crippen molar-refractivity contribution >= 4 is 5.91 Å². The van der Waals surface area contributed by atoms with E-state index in [9.17, 15) is 4.79 Å². The largest absolute Gasteiger partial charge is 0.490 e. The van der Waals surface area contributed by atoms with Crippen LogP contribution >= 0.6 is 0 Å². The molecule has 0 aliphatic carbocycles. The summed E-state index contributed by atoms with van der Waals surface area (Å²) >= 11 is 0. The van der Waals surface area contributed by atoms with Crippen LogP contribution in [0.2, 0.25) is 0 Å². The minimum atomic E-state index is -0.0573. The average Bonchev–Trinajstić information content (AvgIpc) is 2.26. The predicted octanol–water partition coefficient (Wildman–Crippen LogP) is 1.42. The molecule has 1 aliphatic heterocycles. The lowest BCUT2D eigenvalue weighted by molar-refractivity contribution is 0.0936. The molecule has 0 aromatic heterocycles. The number of nitrogens with one attached hydrogen (secondary N) is 2. The van der Waals surface area contributed by atoms with Gasteiger partial charge in [-0.05, 0) is 26.0 Å². The summed E-state index contributed by atoms with van der Waals surface area (Å²) in [4.78, 5) is 12.1. The smallest absolute Gasteiger partial charge is 0.255 e. The summed E-state index contributed by atoms with van der Waals surface area (Å²) in [6.07, 6.45) is 0.0646. The van der Waals surface area contributed by atoms with Crippen LogP contribution in [0.5, 0.6) is 5.75 Å². The SMILES string of the molecule is CC(C)Oc1ccccc1C(=O)NCC1CNC1. The highest BCUT2D eigenvalue weighted by molar-refractivity contribution is 5.96. The highest BCUT2D eigenvalue weighted by Crippen LogP contribution is 2.19. The second-order valence-electron chi connectivity index (χ2n) is 4.90. The van der Waals surface area contributed by atoms with Crippen molar-refractivity contribution < 1.29 is 9.53 Å². The normalized spacial score (nSPS) is 15.3. The molecule has 4 nitrogen and oxygen atoms in total. The fourth-order valence-corrected chi connectivity index (χ4v) is 1.84. The third kappa shape index (κ3) is 3.23. The van der Waals surface area contributed by atoms with E-state index in [0.29, 0.717) is 17.2 Å². The van der Waals surface area contributed by atoms with Gasteiger partial charge in [-0.3, -0.25) is 4.79 Å². The van der Waals surface area contributed by atoms with Gasteiger partial charge in [-0.25, -0.2) is 0 Å². The van der Waals surface area contributed by atoms with E-state index in [4.69, 9.17) is 4.74 Å². The monoisotopic (exact) mass is 248 g/mol. The van der Waals surface area contributed by atoms with Crippen molar-refractivity contribution in [3.63, 3.8) is 0 Å². The van der Waals surface area contributed by atoms with E-state index < -0.39 is 0 Å².